The van der Waals surface area contributed by atoms with Gasteiger partial charge in [0, 0.05) is 30.2 Å². The Morgan fingerprint density at radius 3 is 2.60 bits per heavy atom. The van der Waals surface area contributed by atoms with Crippen LogP contribution in [0.5, 0.6) is 11.5 Å². The number of carbonyl (C=O) groups excluding carboxylic acids is 1. The van der Waals surface area contributed by atoms with Crippen molar-refractivity contribution in [3.63, 3.8) is 0 Å². The molecule has 3 heterocycles. The minimum absolute atomic E-state index is 0.0450. The summed E-state index contributed by atoms with van der Waals surface area (Å²) in [4.78, 5) is 14.1. The molecule has 0 saturated carbocycles. The molecule has 0 saturated heterocycles. The zero-order valence-electron chi connectivity index (χ0n) is 19.8. The van der Waals surface area contributed by atoms with E-state index in [0.717, 1.165) is 33.1 Å². The molecule has 1 aliphatic heterocycles. The molecule has 4 aromatic rings. The van der Waals surface area contributed by atoms with E-state index in [4.69, 9.17) is 19.7 Å². The lowest BCUT2D eigenvalue weighted by Gasteiger charge is -2.21. The smallest absolute Gasteiger partial charge is 0.242 e. The number of nitrogens with zero attached hydrogens (tertiary/aromatic N) is 4. The van der Waals surface area contributed by atoms with Gasteiger partial charge in [0.05, 0.1) is 36.5 Å². The molecule has 178 valence electrons. The minimum Gasteiger partial charge on any atom is -0.497 e. The standard InChI is InChI=1S/C27H26N4O3S/c1-4-26(32)31-23(16-22(28-31)20-15-19(33-2)12-13-24(20)34-3)21-17-30(18-9-6-5-7-10-18)29-27(21)25-11-8-14-35-25/h5-15,17,23H,4,16H2,1-3H3. The predicted molar refractivity (Wildman–Crippen MR) is 137 cm³/mol. The third-order valence-corrected chi connectivity index (χ3v) is 6.94. The van der Waals surface area contributed by atoms with Crippen LogP contribution >= 0.6 is 11.3 Å². The van der Waals surface area contributed by atoms with Crippen molar-refractivity contribution in [3.8, 4) is 27.8 Å². The van der Waals surface area contributed by atoms with Gasteiger partial charge in [0.1, 0.15) is 17.2 Å². The van der Waals surface area contributed by atoms with E-state index >= 15 is 0 Å². The molecule has 0 N–H and O–H groups in total. The molecule has 2 aromatic carbocycles. The second kappa shape index (κ2) is 9.76. The van der Waals surface area contributed by atoms with Crippen LogP contribution in [0.1, 0.15) is 36.9 Å². The van der Waals surface area contributed by atoms with E-state index in [9.17, 15) is 4.79 Å². The summed E-state index contributed by atoms with van der Waals surface area (Å²) in [5.41, 5.74) is 4.36. The maximum absolute atomic E-state index is 13.1. The Bertz CT molecular complexity index is 1360. The van der Waals surface area contributed by atoms with Crippen molar-refractivity contribution in [3.05, 3.63) is 83.4 Å². The minimum atomic E-state index is -0.289. The number of thiophene rings is 1. The van der Waals surface area contributed by atoms with E-state index in [1.807, 2.05) is 77.8 Å². The van der Waals surface area contributed by atoms with Gasteiger partial charge >= 0.3 is 0 Å². The third kappa shape index (κ3) is 4.33. The van der Waals surface area contributed by atoms with Crippen LogP contribution in [0, 0.1) is 0 Å². The highest BCUT2D eigenvalue weighted by atomic mass is 32.1. The van der Waals surface area contributed by atoms with E-state index in [1.165, 1.54) is 0 Å². The van der Waals surface area contributed by atoms with Gasteiger partial charge in [-0.15, -0.1) is 11.3 Å². The highest BCUT2D eigenvalue weighted by Crippen LogP contribution is 2.41. The molecule has 0 radical (unpaired) electrons. The largest absolute Gasteiger partial charge is 0.497 e. The van der Waals surface area contributed by atoms with Crippen molar-refractivity contribution >= 4 is 23.0 Å². The van der Waals surface area contributed by atoms with Crippen LogP contribution in [0.3, 0.4) is 0 Å². The number of benzene rings is 2. The number of amides is 1. The fourth-order valence-electron chi connectivity index (χ4n) is 4.30. The lowest BCUT2D eigenvalue weighted by atomic mass is 9.97. The van der Waals surface area contributed by atoms with E-state index in [1.54, 1.807) is 30.6 Å². The number of hydrogen-bond acceptors (Lipinski definition) is 6. The first-order valence-corrected chi connectivity index (χ1v) is 12.3. The zero-order chi connectivity index (χ0) is 24.4. The second-order valence-electron chi connectivity index (χ2n) is 8.12. The second-order valence-corrected chi connectivity index (χ2v) is 9.06. The van der Waals surface area contributed by atoms with Crippen LogP contribution in [-0.2, 0) is 4.79 Å². The summed E-state index contributed by atoms with van der Waals surface area (Å²) in [6.07, 6.45) is 2.91. The van der Waals surface area contributed by atoms with Crippen LogP contribution in [0.2, 0.25) is 0 Å². The summed E-state index contributed by atoms with van der Waals surface area (Å²) in [6, 6.07) is 19.4. The van der Waals surface area contributed by atoms with Crippen molar-refractivity contribution in [1.82, 2.24) is 14.8 Å². The highest BCUT2D eigenvalue weighted by molar-refractivity contribution is 7.13. The van der Waals surface area contributed by atoms with Gasteiger partial charge in [-0.2, -0.15) is 10.2 Å². The molecule has 1 aliphatic rings. The van der Waals surface area contributed by atoms with E-state index < -0.39 is 0 Å². The molecule has 1 atom stereocenters. The number of aromatic nitrogens is 2. The number of ether oxygens (including phenoxy) is 2. The van der Waals surface area contributed by atoms with Gasteiger partial charge < -0.3 is 9.47 Å². The van der Waals surface area contributed by atoms with Gasteiger partial charge in [-0.25, -0.2) is 9.69 Å². The molecule has 0 spiro atoms. The summed E-state index contributed by atoms with van der Waals surface area (Å²) in [5, 5.41) is 13.4. The monoisotopic (exact) mass is 486 g/mol. The Morgan fingerprint density at radius 2 is 1.91 bits per heavy atom. The van der Waals surface area contributed by atoms with E-state index in [0.29, 0.717) is 24.3 Å². The normalized spacial score (nSPS) is 15.2. The predicted octanol–water partition coefficient (Wildman–Crippen LogP) is 5.71. The molecule has 0 bridgehead atoms. The molecule has 7 nitrogen and oxygen atoms in total. The van der Waals surface area contributed by atoms with Crippen molar-refractivity contribution in [1.29, 1.82) is 0 Å². The lowest BCUT2D eigenvalue weighted by molar-refractivity contribution is -0.132. The lowest BCUT2D eigenvalue weighted by Crippen LogP contribution is -2.26. The fraction of sp³-hybridized carbons (Fsp3) is 0.222. The molecule has 2 aromatic heterocycles. The molecule has 1 unspecified atom stereocenters. The number of para-hydroxylation sites is 1. The Labute approximate surface area is 208 Å². The molecule has 5 rings (SSSR count). The molecule has 35 heavy (non-hydrogen) atoms. The van der Waals surface area contributed by atoms with Gasteiger partial charge in [0.2, 0.25) is 5.91 Å². The summed E-state index contributed by atoms with van der Waals surface area (Å²) in [5.74, 6) is 1.35. The maximum atomic E-state index is 13.1. The van der Waals surface area contributed by atoms with Crippen LogP contribution in [-0.4, -0.2) is 40.6 Å². The van der Waals surface area contributed by atoms with Gasteiger partial charge in [-0.05, 0) is 41.8 Å². The number of hydrogen-bond donors (Lipinski definition) is 0. The van der Waals surface area contributed by atoms with Gasteiger partial charge in [-0.3, -0.25) is 4.79 Å². The van der Waals surface area contributed by atoms with E-state index in [2.05, 4.69) is 6.07 Å². The quantitative estimate of drug-likeness (QED) is 0.336. The average Bonchev–Trinajstić information content (AvgIpc) is 3.67. The molecule has 1 amide bonds. The first kappa shape index (κ1) is 22.9. The number of carbonyl (C=O) groups is 1. The Kier molecular flexibility index (Phi) is 6.37. The zero-order valence-corrected chi connectivity index (χ0v) is 20.7. The topological polar surface area (TPSA) is 69.0 Å². The number of methoxy groups -OCH3 is 2. The Hall–Kier alpha value is -3.91. The van der Waals surface area contributed by atoms with E-state index in [-0.39, 0.29) is 11.9 Å². The maximum Gasteiger partial charge on any atom is 0.242 e. The summed E-state index contributed by atoms with van der Waals surface area (Å²) < 4.78 is 12.9. The summed E-state index contributed by atoms with van der Waals surface area (Å²) in [7, 11) is 3.26. The van der Waals surface area contributed by atoms with Crippen molar-refractivity contribution in [2.75, 3.05) is 14.2 Å². The van der Waals surface area contributed by atoms with Gasteiger partial charge in [0.15, 0.2) is 0 Å². The molecule has 8 heteroatoms. The van der Waals surface area contributed by atoms with Crippen molar-refractivity contribution < 1.29 is 14.3 Å². The van der Waals surface area contributed by atoms with Crippen LogP contribution in [0.15, 0.2) is 77.3 Å². The van der Waals surface area contributed by atoms with Gasteiger partial charge in [-0.1, -0.05) is 31.2 Å². The van der Waals surface area contributed by atoms with Crippen LogP contribution in [0.4, 0.5) is 0 Å². The first-order chi connectivity index (χ1) is 17.1. The summed E-state index contributed by atoms with van der Waals surface area (Å²) in [6.45, 7) is 1.85. The Morgan fingerprint density at radius 1 is 1.09 bits per heavy atom. The van der Waals surface area contributed by atoms with Crippen LogP contribution in [0.25, 0.3) is 16.3 Å². The number of rotatable bonds is 7. The van der Waals surface area contributed by atoms with Crippen molar-refractivity contribution in [2.45, 2.75) is 25.8 Å². The first-order valence-electron chi connectivity index (χ1n) is 11.4. The molecule has 0 fully saturated rings. The highest BCUT2D eigenvalue weighted by Gasteiger charge is 2.36. The Balaban J connectivity index is 1.62. The average molecular weight is 487 g/mol. The van der Waals surface area contributed by atoms with Crippen LogP contribution < -0.4 is 9.47 Å². The van der Waals surface area contributed by atoms with Crippen molar-refractivity contribution in [2.24, 2.45) is 5.10 Å². The molecular formula is C27H26N4O3S. The summed E-state index contributed by atoms with van der Waals surface area (Å²) >= 11 is 1.63. The number of hydrazone groups is 1. The molecular weight excluding hydrogens is 460 g/mol. The molecule has 0 aliphatic carbocycles. The third-order valence-electron chi connectivity index (χ3n) is 6.06. The SMILES string of the molecule is CCC(=O)N1N=C(c2cc(OC)ccc2OC)CC1c1cn(-c2ccccc2)nc1-c1cccs1. The van der Waals surface area contributed by atoms with Gasteiger partial charge in [0.25, 0.3) is 0 Å². The fourth-order valence-corrected chi connectivity index (χ4v) is 5.03.